The molecule has 1 heterocycles. The Kier molecular flexibility index (Phi) is 5.17. The first kappa shape index (κ1) is 15.5. The number of hydrogen-bond donors (Lipinski definition) is 2. The molecule has 1 fully saturated rings. The summed E-state index contributed by atoms with van der Waals surface area (Å²) in [6, 6.07) is 2.67. The minimum atomic E-state index is -3.57. The summed E-state index contributed by atoms with van der Waals surface area (Å²) in [5.41, 5.74) is 0. The second kappa shape index (κ2) is 6.69. The van der Waals surface area contributed by atoms with Crippen LogP contribution in [0.1, 0.15) is 48.2 Å². The molecule has 0 amide bonds. The van der Waals surface area contributed by atoms with Gasteiger partial charge in [-0.05, 0) is 24.5 Å². The number of hydrogen-bond acceptors (Lipinski definition) is 4. The molecule has 1 saturated carbocycles. The van der Waals surface area contributed by atoms with Gasteiger partial charge in [-0.3, -0.25) is 0 Å². The minimum absolute atomic E-state index is 0.0395. The zero-order valence-corrected chi connectivity index (χ0v) is 12.8. The number of nitrogens with one attached hydrogen (secondary N) is 1. The fraction of sp³-hybridized carbons (Fsp3) is 0.615. The Morgan fingerprint density at radius 2 is 2.00 bits per heavy atom. The lowest BCUT2D eigenvalue weighted by atomic mass is 9.87. The van der Waals surface area contributed by atoms with Crippen LogP contribution in [0.2, 0.25) is 0 Å². The van der Waals surface area contributed by atoms with Crippen molar-refractivity contribution in [1.29, 1.82) is 0 Å². The Morgan fingerprint density at radius 3 is 2.60 bits per heavy atom. The van der Waals surface area contributed by atoms with E-state index in [1.54, 1.807) is 0 Å². The number of rotatable bonds is 6. The summed E-state index contributed by atoms with van der Waals surface area (Å²) in [5.74, 6) is -0.483. The highest BCUT2D eigenvalue weighted by molar-refractivity contribution is 7.91. The average Bonchev–Trinajstić information content (AvgIpc) is 2.90. The molecule has 1 aliphatic carbocycles. The van der Waals surface area contributed by atoms with E-state index in [4.69, 9.17) is 5.11 Å². The number of thiophene rings is 1. The molecule has 0 aliphatic heterocycles. The number of carbonyl (C=O) groups is 1. The maximum atomic E-state index is 12.0. The van der Waals surface area contributed by atoms with Gasteiger partial charge in [0.25, 0.3) is 0 Å². The molecule has 1 aromatic heterocycles. The van der Waals surface area contributed by atoms with Crippen LogP contribution in [-0.4, -0.2) is 26.0 Å². The number of aromatic carboxylic acids is 1. The lowest BCUT2D eigenvalue weighted by molar-refractivity contribution is 0.0702. The van der Waals surface area contributed by atoms with Crippen LogP contribution in [0.25, 0.3) is 0 Å². The quantitative estimate of drug-likeness (QED) is 0.845. The lowest BCUT2D eigenvalue weighted by Gasteiger charge is -2.21. The maximum Gasteiger partial charge on any atom is 0.345 e. The monoisotopic (exact) mass is 317 g/mol. The summed E-state index contributed by atoms with van der Waals surface area (Å²) in [5, 5.41) is 8.81. The average molecular weight is 317 g/mol. The predicted octanol–water partition coefficient (Wildman–Crippen LogP) is 2.70. The van der Waals surface area contributed by atoms with Crippen molar-refractivity contribution in [2.75, 3.05) is 6.54 Å². The molecule has 2 rings (SSSR count). The fourth-order valence-electron chi connectivity index (χ4n) is 2.52. The lowest BCUT2D eigenvalue weighted by Crippen LogP contribution is -2.26. The molecule has 0 atom stereocenters. The molecule has 0 spiro atoms. The van der Waals surface area contributed by atoms with Gasteiger partial charge in [0.1, 0.15) is 9.09 Å². The summed E-state index contributed by atoms with van der Waals surface area (Å²) in [7, 11) is -3.57. The van der Waals surface area contributed by atoms with Crippen molar-refractivity contribution in [2.45, 2.75) is 42.7 Å². The Balaban J connectivity index is 1.88. The highest BCUT2D eigenvalue weighted by Gasteiger charge is 2.20. The molecule has 1 aromatic rings. The highest BCUT2D eigenvalue weighted by Crippen LogP contribution is 2.26. The Morgan fingerprint density at radius 1 is 1.30 bits per heavy atom. The molecule has 0 unspecified atom stereocenters. The van der Waals surface area contributed by atoms with Crippen LogP contribution < -0.4 is 4.72 Å². The SMILES string of the molecule is O=C(O)c1ccc(S(=O)(=O)NCCC2CCCCC2)s1. The van der Waals surface area contributed by atoms with Gasteiger partial charge in [0.2, 0.25) is 10.0 Å². The zero-order valence-electron chi connectivity index (χ0n) is 11.2. The van der Waals surface area contributed by atoms with E-state index in [2.05, 4.69) is 4.72 Å². The highest BCUT2D eigenvalue weighted by atomic mass is 32.2. The van der Waals surface area contributed by atoms with Crippen LogP contribution in [0.5, 0.6) is 0 Å². The zero-order chi connectivity index (χ0) is 14.6. The van der Waals surface area contributed by atoms with E-state index < -0.39 is 16.0 Å². The van der Waals surface area contributed by atoms with Crippen LogP contribution in [0.15, 0.2) is 16.3 Å². The van der Waals surface area contributed by atoms with Gasteiger partial charge >= 0.3 is 5.97 Å². The Bertz CT molecular complexity index is 559. The number of carboxylic acids is 1. The smallest absolute Gasteiger partial charge is 0.345 e. The third kappa shape index (κ3) is 4.04. The maximum absolute atomic E-state index is 12.0. The summed E-state index contributed by atoms with van der Waals surface area (Å²) < 4.78 is 26.7. The molecule has 0 radical (unpaired) electrons. The largest absolute Gasteiger partial charge is 0.477 e. The predicted molar refractivity (Wildman–Crippen MR) is 77.7 cm³/mol. The minimum Gasteiger partial charge on any atom is -0.477 e. The standard InChI is InChI=1S/C13H19NO4S2/c15-13(16)11-6-7-12(19-11)20(17,18)14-9-8-10-4-2-1-3-5-10/h6-7,10,14H,1-5,8-9H2,(H,15,16). The van der Waals surface area contributed by atoms with Crippen molar-refractivity contribution in [3.8, 4) is 0 Å². The molecular weight excluding hydrogens is 298 g/mol. The van der Waals surface area contributed by atoms with Crippen LogP contribution in [0.3, 0.4) is 0 Å². The molecule has 2 N–H and O–H groups in total. The van der Waals surface area contributed by atoms with E-state index in [1.807, 2.05) is 0 Å². The van der Waals surface area contributed by atoms with E-state index in [9.17, 15) is 13.2 Å². The van der Waals surface area contributed by atoms with Gasteiger partial charge < -0.3 is 5.11 Å². The summed E-state index contributed by atoms with van der Waals surface area (Å²) in [6.07, 6.45) is 6.99. The van der Waals surface area contributed by atoms with Crippen LogP contribution in [-0.2, 0) is 10.0 Å². The van der Waals surface area contributed by atoms with Crippen molar-refractivity contribution < 1.29 is 18.3 Å². The van der Waals surface area contributed by atoms with Gasteiger partial charge in [0.05, 0.1) is 0 Å². The van der Waals surface area contributed by atoms with Crippen LogP contribution in [0.4, 0.5) is 0 Å². The van der Waals surface area contributed by atoms with Gasteiger partial charge in [-0.2, -0.15) is 0 Å². The second-order valence-corrected chi connectivity index (χ2v) is 8.19. The normalized spacial score (nSPS) is 17.2. The summed E-state index contributed by atoms with van der Waals surface area (Å²) in [6.45, 7) is 0.424. The van der Waals surface area contributed by atoms with Crippen molar-refractivity contribution in [3.63, 3.8) is 0 Å². The molecule has 20 heavy (non-hydrogen) atoms. The topological polar surface area (TPSA) is 83.5 Å². The molecule has 5 nitrogen and oxygen atoms in total. The van der Waals surface area contributed by atoms with E-state index in [0.29, 0.717) is 12.5 Å². The summed E-state index contributed by atoms with van der Waals surface area (Å²) in [4.78, 5) is 10.8. The molecule has 112 valence electrons. The first-order valence-electron chi connectivity index (χ1n) is 6.82. The Hall–Kier alpha value is -0.920. The van der Waals surface area contributed by atoms with E-state index in [0.717, 1.165) is 17.8 Å². The fourth-order valence-corrected chi connectivity index (χ4v) is 4.76. The van der Waals surface area contributed by atoms with Gasteiger partial charge in [-0.1, -0.05) is 32.1 Å². The molecule has 0 bridgehead atoms. The second-order valence-electron chi connectivity index (χ2n) is 5.11. The molecule has 0 saturated heterocycles. The van der Waals surface area contributed by atoms with E-state index in [-0.39, 0.29) is 9.09 Å². The third-order valence-corrected chi connectivity index (χ3v) is 6.65. The van der Waals surface area contributed by atoms with Crippen molar-refractivity contribution in [3.05, 3.63) is 17.0 Å². The molecular formula is C13H19NO4S2. The van der Waals surface area contributed by atoms with Crippen LogP contribution in [0, 0.1) is 5.92 Å². The third-order valence-electron chi connectivity index (χ3n) is 3.63. The molecule has 7 heteroatoms. The van der Waals surface area contributed by atoms with E-state index in [1.165, 1.54) is 44.2 Å². The first-order chi connectivity index (χ1) is 9.49. The van der Waals surface area contributed by atoms with Gasteiger partial charge in [0.15, 0.2) is 0 Å². The van der Waals surface area contributed by atoms with Gasteiger partial charge in [0, 0.05) is 6.54 Å². The van der Waals surface area contributed by atoms with Gasteiger partial charge in [-0.25, -0.2) is 17.9 Å². The molecule has 0 aromatic carbocycles. The van der Waals surface area contributed by atoms with Crippen LogP contribution >= 0.6 is 11.3 Å². The van der Waals surface area contributed by atoms with E-state index >= 15 is 0 Å². The summed E-state index contributed by atoms with van der Waals surface area (Å²) >= 11 is 0.784. The number of carboxylic acid groups (broad SMARTS) is 1. The van der Waals surface area contributed by atoms with Crippen molar-refractivity contribution >= 4 is 27.3 Å². The first-order valence-corrected chi connectivity index (χ1v) is 9.12. The van der Waals surface area contributed by atoms with Gasteiger partial charge in [-0.15, -0.1) is 11.3 Å². The molecule has 1 aliphatic rings. The Labute approximate surface area is 123 Å². The van der Waals surface area contributed by atoms with Crippen molar-refractivity contribution in [2.24, 2.45) is 5.92 Å². The van der Waals surface area contributed by atoms with Crippen molar-refractivity contribution in [1.82, 2.24) is 4.72 Å². The number of sulfonamides is 1.